The molecule has 0 bridgehead atoms. The third-order valence-corrected chi connectivity index (χ3v) is 3.95. The van der Waals surface area contributed by atoms with Gasteiger partial charge in [-0.05, 0) is 43.9 Å². The summed E-state index contributed by atoms with van der Waals surface area (Å²) in [6, 6.07) is 5.60. The van der Waals surface area contributed by atoms with Gasteiger partial charge >= 0.3 is 5.97 Å². The van der Waals surface area contributed by atoms with Gasteiger partial charge in [0.15, 0.2) is 6.10 Å². The molecular weight excluding hydrogens is 285 g/mol. The summed E-state index contributed by atoms with van der Waals surface area (Å²) in [6.45, 7) is 1.52. The summed E-state index contributed by atoms with van der Waals surface area (Å²) in [5.74, 6) is -0.851. The van der Waals surface area contributed by atoms with Gasteiger partial charge in [-0.1, -0.05) is 25.3 Å². The molecule has 0 aliphatic heterocycles. The Bertz CT molecular complexity index is 526. The number of esters is 1. The number of carbonyl (C=O) groups excluding carboxylic acids is 2. The molecule has 1 amide bonds. The highest BCUT2D eigenvalue weighted by Gasteiger charge is 2.22. The lowest BCUT2D eigenvalue weighted by Crippen LogP contribution is -2.30. The molecule has 1 aromatic rings. The van der Waals surface area contributed by atoms with Gasteiger partial charge in [-0.3, -0.25) is 9.59 Å². The number of rotatable bonds is 5. The Hall–Kier alpha value is -1.91. The molecule has 0 spiro atoms. The van der Waals surface area contributed by atoms with Gasteiger partial charge in [0.25, 0.3) is 5.91 Å². The minimum Gasteiger partial charge on any atom is -0.453 e. The quantitative estimate of drug-likeness (QED) is 0.845. The van der Waals surface area contributed by atoms with E-state index in [0.29, 0.717) is 18.0 Å². The Labute approximate surface area is 130 Å². The maximum absolute atomic E-state index is 13.1. The Balaban J connectivity index is 1.79. The van der Waals surface area contributed by atoms with Crippen molar-refractivity contribution in [1.29, 1.82) is 0 Å². The van der Waals surface area contributed by atoms with Crippen molar-refractivity contribution < 1.29 is 18.7 Å². The fourth-order valence-corrected chi connectivity index (χ4v) is 2.74. The lowest BCUT2D eigenvalue weighted by atomic mass is 9.87. The van der Waals surface area contributed by atoms with Crippen molar-refractivity contribution >= 4 is 17.6 Å². The summed E-state index contributed by atoms with van der Waals surface area (Å²) in [4.78, 5) is 23.8. The molecule has 1 aliphatic carbocycles. The normalized spacial score (nSPS) is 16.8. The van der Waals surface area contributed by atoms with E-state index in [1.54, 1.807) is 6.07 Å². The number of nitrogens with one attached hydrogen (secondary N) is 1. The second kappa shape index (κ2) is 7.92. The number of hydrogen-bond donors (Lipinski definition) is 1. The minimum atomic E-state index is -0.889. The third-order valence-electron chi connectivity index (χ3n) is 3.95. The molecule has 22 heavy (non-hydrogen) atoms. The summed E-state index contributed by atoms with van der Waals surface area (Å²) >= 11 is 0. The molecule has 120 valence electrons. The van der Waals surface area contributed by atoms with Gasteiger partial charge in [-0.2, -0.15) is 0 Å². The van der Waals surface area contributed by atoms with Crippen molar-refractivity contribution in [2.45, 2.75) is 51.6 Å². The molecule has 1 saturated carbocycles. The zero-order valence-electron chi connectivity index (χ0n) is 12.8. The Morgan fingerprint density at radius 1 is 1.32 bits per heavy atom. The van der Waals surface area contributed by atoms with E-state index in [2.05, 4.69) is 5.32 Å². The molecule has 1 aliphatic rings. The molecule has 0 aromatic heterocycles. The predicted octanol–water partition coefficient (Wildman–Crippen LogP) is 3.67. The number of benzene rings is 1. The largest absolute Gasteiger partial charge is 0.453 e. The Kier molecular flexibility index (Phi) is 5.92. The second-order valence-electron chi connectivity index (χ2n) is 5.84. The highest BCUT2D eigenvalue weighted by Crippen LogP contribution is 2.26. The molecule has 2 rings (SSSR count). The van der Waals surface area contributed by atoms with Gasteiger partial charge in [0.05, 0.1) is 0 Å². The lowest BCUT2D eigenvalue weighted by molar-refractivity contribution is -0.154. The molecule has 0 radical (unpaired) electrons. The van der Waals surface area contributed by atoms with Crippen LogP contribution in [0.3, 0.4) is 0 Å². The number of halogens is 1. The van der Waals surface area contributed by atoms with Gasteiger partial charge in [-0.15, -0.1) is 0 Å². The van der Waals surface area contributed by atoms with E-state index in [4.69, 9.17) is 4.74 Å². The van der Waals surface area contributed by atoms with Crippen LogP contribution < -0.4 is 5.32 Å². The zero-order valence-corrected chi connectivity index (χ0v) is 12.8. The van der Waals surface area contributed by atoms with E-state index in [1.165, 1.54) is 31.5 Å². The van der Waals surface area contributed by atoms with Crippen LogP contribution in [0, 0.1) is 11.7 Å². The van der Waals surface area contributed by atoms with E-state index >= 15 is 0 Å². The molecule has 1 atom stereocenters. The number of anilines is 1. The summed E-state index contributed by atoms with van der Waals surface area (Å²) in [6.07, 6.45) is 5.15. The van der Waals surface area contributed by atoms with Gasteiger partial charge in [0.2, 0.25) is 0 Å². The molecule has 0 heterocycles. The van der Waals surface area contributed by atoms with Crippen molar-refractivity contribution in [2.75, 3.05) is 5.32 Å². The topological polar surface area (TPSA) is 55.4 Å². The van der Waals surface area contributed by atoms with E-state index in [9.17, 15) is 14.0 Å². The number of amides is 1. The van der Waals surface area contributed by atoms with Gasteiger partial charge in [0, 0.05) is 12.1 Å². The molecule has 1 N–H and O–H groups in total. The maximum Gasteiger partial charge on any atom is 0.306 e. The predicted molar refractivity (Wildman–Crippen MR) is 81.8 cm³/mol. The lowest BCUT2D eigenvalue weighted by Gasteiger charge is -2.21. The first-order chi connectivity index (χ1) is 10.5. The van der Waals surface area contributed by atoms with Crippen LogP contribution in [0.2, 0.25) is 0 Å². The first kappa shape index (κ1) is 16.5. The summed E-state index contributed by atoms with van der Waals surface area (Å²) < 4.78 is 18.2. The molecule has 5 heteroatoms. The fourth-order valence-electron chi connectivity index (χ4n) is 2.74. The van der Waals surface area contributed by atoms with Crippen molar-refractivity contribution in [3.05, 3.63) is 30.1 Å². The molecule has 1 aromatic carbocycles. The van der Waals surface area contributed by atoms with E-state index < -0.39 is 17.8 Å². The molecule has 4 nitrogen and oxygen atoms in total. The van der Waals surface area contributed by atoms with E-state index in [1.807, 2.05) is 0 Å². The smallest absolute Gasteiger partial charge is 0.306 e. The van der Waals surface area contributed by atoms with Gasteiger partial charge in [0.1, 0.15) is 5.82 Å². The number of hydrogen-bond acceptors (Lipinski definition) is 3. The monoisotopic (exact) mass is 307 g/mol. The van der Waals surface area contributed by atoms with Crippen molar-refractivity contribution in [3.63, 3.8) is 0 Å². The molecule has 1 fully saturated rings. The zero-order chi connectivity index (χ0) is 15.9. The van der Waals surface area contributed by atoms with Crippen molar-refractivity contribution in [2.24, 2.45) is 5.92 Å². The van der Waals surface area contributed by atoms with Crippen LogP contribution in [0.1, 0.15) is 45.4 Å². The van der Waals surface area contributed by atoms with Crippen LogP contribution >= 0.6 is 0 Å². The maximum atomic E-state index is 13.1. The standard InChI is InChI=1S/C17H22FNO3/c1-12(17(21)19-15-9-5-8-14(18)11-15)22-16(20)10-13-6-3-2-4-7-13/h5,8-9,11-13H,2-4,6-7,10H2,1H3,(H,19,21). The van der Waals surface area contributed by atoms with Crippen LogP contribution in [0.5, 0.6) is 0 Å². The highest BCUT2D eigenvalue weighted by molar-refractivity contribution is 5.95. The Morgan fingerprint density at radius 3 is 2.73 bits per heavy atom. The summed E-state index contributed by atoms with van der Waals surface area (Å²) in [5.41, 5.74) is 0.347. The SMILES string of the molecule is CC(OC(=O)CC1CCCCC1)C(=O)Nc1cccc(F)c1. The molecule has 1 unspecified atom stereocenters. The third kappa shape index (κ3) is 5.13. The van der Waals surface area contributed by atoms with Crippen LogP contribution in [0.4, 0.5) is 10.1 Å². The van der Waals surface area contributed by atoms with Crippen LogP contribution in [-0.4, -0.2) is 18.0 Å². The summed E-state index contributed by atoms with van der Waals surface area (Å²) in [5, 5.41) is 2.54. The average molecular weight is 307 g/mol. The van der Waals surface area contributed by atoms with Gasteiger partial charge in [-0.25, -0.2) is 4.39 Å². The fraction of sp³-hybridized carbons (Fsp3) is 0.529. The molecule has 0 saturated heterocycles. The average Bonchev–Trinajstić information content (AvgIpc) is 2.48. The first-order valence-corrected chi connectivity index (χ1v) is 7.80. The van der Waals surface area contributed by atoms with E-state index in [0.717, 1.165) is 25.7 Å². The highest BCUT2D eigenvalue weighted by atomic mass is 19.1. The van der Waals surface area contributed by atoms with Crippen molar-refractivity contribution in [3.8, 4) is 0 Å². The van der Waals surface area contributed by atoms with E-state index in [-0.39, 0.29) is 5.97 Å². The number of ether oxygens (including phenoxy) is 1. The minimum absolute atomic E-state index is 0.339. The number of carbonyl (C=O) groups is 2. The van der Waals surface area contributed by atoms with Crippen molar-refractivity contribution in [1.82, 2.24) is 0 Å². The molecular formula is C17H22FNO3. The first-order valence-electron chi connectivity index (χ1n) is 7.80. The Morgan fingerprint density at radius 2 is 2.05 bits per heavy atom. The second-order valence-corrected chi connectivity index (χ2v) is 5.84. The van der Waals surface area contributed by atoms with Gasteiger partial charge < -0.3 is 10.1 Å². The van der Waals surface area contributed by atoms with Crippen LogP contribution in [-0.2, 0) is 14.3 Å². The summed E-state index contributed by atoms with van der Waals surface area (Å²) in [7, 11) is 0. The van der Waals surface area contributed by atoms with Crippen LogP contribution in [0.25, 0.3) is 0 Å². The van der Waals surface area contributed by atoms with Crippen LogP contribution in [0.15, 0.2) is 24.3 Å².